The van der Waals surface area contributed by atoms with Gasteiger partial charge in [0.05, 0.1) is 6.54 Å². The number of hydrogen-bond donors (Lipinski definition) is 0. The Bertz CT molecular complexity index is 765. The molecule has 5 heteroatoms. The molecule has 27 heavy (non-hydrogen) atoms. The lowest BCUT2D eigenvalue weighted by Crippen LogP contribution is -2.43. The van der Waals surface area contributed by atoms with E-state index in [1.165, 1.54) is 0 Å². The first kappa shape index (κ1) is 20.5. The molecule has 0 N–H and O–H groups in total. The van der Waals surface area contributed by atoms with E-state index in [1.807, 2.05) is 63.2 Å². The summed E-state index contributed by atoms with van der Waals surface area (Å²) < 4.78 is 5.65. The van der Waals surface area contributed by atoms with Crippen molar-refractivity contribution >= 4 is 11.8 Å². The van der Waals surface area contributed by atoms with Gasteiger partial charge in [-0.05, 0) is 24.6 Å². The maximum absolute atomic E-state index is 13.0. The molecule has 5 nitrogen and oxygen atoms in total. The first-order valence-electron chi connectivity index (χ1n) is 9.17. The molecule has 0 bridgehead atoms. The van der Waals surface area contributed by atoms with Gasteiger partial charge in [0.1, 0.15) is 18.1 Å². The number of nitrogens with zero attached hydrogens (tertiary/aromatic N) is 2. The van der Waals surface area contributed by atoms with Crippen LogP contribution in [-0.2, 0) is 22.7 Å². The smallest absolute Gasteiger partial charge is 0.242 e. The molecule has 0 aliphatic heterocycles. The van der Waals surface area contributed by atoms with Crippen LogP contribution in [0.4, 0.5) is 0 Å². The van der Waals surface area contributed by atoms with Crippen molar-refractivity contribution in [2.75, 3.05) is 13.1 Å². The Balaban J connectivity index is 2.18. The van der Waals surface area contributed by atoms with Crippen LogP contribution >= 0.6 is 0 Å². The van der Waals surface area contributed by atoms with Crippen LogP contribution in [0.3, 0.4) is 0 Å². The van der Waals surface area contributed by atoms with Crippen LogP contribution in [0.25, 0.3) is 0 Å². The highest BCUT2D eigenvalue weighted by Gasteiger charge is 2.23. The van der Waals surface area contributed by atoms with Crippen molar-refractivity contribution in [3.63, 3.8) is 0 Å². The van der Waals surface area contributed by atoms with E-state index >= 15 is 0 Å². The summed E-state index contributed by atoms with van der Waals surface area (Å²) in [4.78, 5) is 28.7. The lowest BCUT2D eigenvalue weighted by atomic mass is 10.1. The molecule has 2 rings (SSSR count). The van der Waals surface area contributed by atoms with Gasteiger partial charge in [0.2, 0.25) is 11.8 Å². The molecule has 0 atom stereocenters. The lowest BCUT2D eigenvalue weighted by Gasteiger charge is -2.27. The maximum atomic E-state index is 13.0. The standard InChI is InChI=1S/C22H28N2O3/c1-5-13-23(22(26)17(2)3)16-21(25)24(14-19-9-7-6-8-10-19)15-20-12-11-18(4)27-20/h5-12,17H,1,13-16H2,2-4H3. The highest BCUT2D eigenvalue weighted by molar-refractivity contribution is 5.85. The predicted octanol–water partition coefficient (Wildman–Crippen LogP) is 3.79. The minimum Gasteiger partial charge on any atom is -0.464 e. The first-order valence-corrected chi connectivity index (χ1v) is 9.17. The largest absolute Gasteiger partial charge is 0.464 e. The quantitative estimate of drug-likeness (QED) is 0.633. The zero-order valence-electron chi connectivity index (χ0n) is 16.4. The van der Waals surface area contributed by atoms with E-state index in [9.17, 15) is 9.59 Å². The van der Waals surface area contributed by atoms with Crippen molar-refractivity contribution in [1.82, 2.24) is 9.80 Å². The monoisotopic (exact) mass is 368 g/mol. The molecule has 0 radical (unpaired) electrons. The SMILES string of the molecule is C=CCN(CC(=O)N(Cc1ccccc1)Cc1ccc(C)o1)C(=O)C(C)C. The van der Waals surface area contributed by atoms with E-state index in [1.54, 1.807) is 15.9 Å². The van der Waals surface area contributed by atoms with Crippen molar-refractivity contribution in [3.8, 4) is 0 Å². The minimum absolute atomic E-state index is 0.0234. The lowest BCUT2D eigenvalue weighted by molar-refractivity contribution is -0.142. The third-order valence-electron chi connectivity index (χ3n) is 4.19. The third kappa shape index (κ3) is 6.13. The second-order valence-corrected chi connectivity index (χ2v) is 6.91. The Hall–Kier alpha value is -2.82. The summed E-state index contributed by atoms with van der Waals surface area (Å²) in [6.07, 6.45) is 1.64. The van der Waals surface area contributed by atoms with E-state index in [4.69, 9.17) is 4.42 Å². The molecule has 0 unspecified atom stereocenters. The second-order valence-electron chi connectivity index (χ2n) is 6.91. The zero-order valence-corrected chi connectivity index (χ0v) is 16.4. The van der Waals surface area contributed by atoms with Gasteiger partial charge in [-0.25, -0.2) is 0 Å². The Morgan fingerprint density at radius 3 is 2.33 bits per heavy atom. The molecular weight excluding hydrogens is 340 g/mol. The molecule has 1 aromatic heterocycles. The molecule has 0 spiro atoms. The molecule has 144 valence electrons. The van der Waals surface area contributed by atoms with Crippen LogP contribution in [0.15, 0.2) is 59.5 Å². The summed E-state index contributed by atoms with van der Waals surface area (Å²) in [7, 11) is 0. The van der Waals surface area contributed by atoms with E-state index in [0.29, 0.717) is 19.6 Å². The number of carbonyl (C=O) groups excluding carboxylic acids is 2. The second kappa shape index (κ2) is 9.76. The Kier molecular flexibility index (Phi) is 7.41. The van der Waals surface area contributed by atoms with E-state index in [-0.39, 0.29) is 24.3 Å². The number of furan rings is 1. The molecule has 2 amide bonds. The third-order valence-corrected chi connectivity index (χ3v) is 4.19. The fourth-order valence-corrected chi connectivity index (χ4v) is 2.81. The maximum Gasteiger partial charge on any atom is 0.242 e. The molecule has 2 aromatic rings. The molecule has 0 aliphatic rings. The molecule has 0 fully saturated rings. The fraction of sp³-hybridized carbons (Fsp3) is 0.364. The first-order chi connectivity index (χ1) is 12.9. The van der Waals surface area contributed by atoms with Crippen molar-refractivity contribution in [2.24, 2.45) is 5.92 Å². The molecule has 0 saturated carbocycles. The summed E-state index contributed by atoms with van der Waals surface area (Å²) in [5.74, 6) is 1.18. The van der Waals surface area contributed by atoms with Crippen LogP contribution in [0.5, 0.6) is 0 Å². The van der Waals surface area contributed by atoms with E-state index < -0.39 is 0 Å². The number of aryl methyl sites for hydroxylation is 1. The minimum atomic E-state index is -0.173. The van der Waals surface area contributed by atoms with Gasteiger partial charge in [0, 0.05) is 19.0 Å². The topological polar surface area (TPSA) is 53.8 Å². The van der Waals surface area contributed by atoms with Crippen LogP contribution in [0.1, 0.15) is 30.9 Å². The van der Waals surface area contributed by atoms with Gasteiger partial charge in [0.25, 0.3) is 0 Å². The molecular formula is C22H28N2O3. The van der Waals surface area contributed by atoms with Gasteiger partial charge in [-0.2, -0.15) is 0 Å². The average molecular weight is 368 g/mol. The van der Waals surface area contributed by atoms with Crippen molar-refractivity contribution in [2.45, 2.75) is 33.9 Å². The number of amides is 2. The normalized spacial score (nSPS) is 10.7. The molecule has 1 aromatic carbocycles. The Morgan fingerprint density at radius 1 is 1.07 bits per heavy atom. The van der Waals surface area contributed by atoms with Gasteiger partial charge in [-0.3, -0.25) is 9.59 Å². The van der Waals surface area contributed by atoms with Gasteiger partial charge >= 0.3 is 0 Å². The summed E-state index contributed by atoms with van der Waals surface area (Å²) in [5, 5.41) is 0. The number of hydrogen-bond acceptors (Lipinski definition) is 3. The van der Waals surface area contributed by atoms with Gasteiger partial charge in [-0.1, -0.05) is 50.3 Å². The highest BCUT2D eigenvalue weighted by atomic mass is 16.3. The number of rotatable bonds is 9. The summed E-state index contributed by atoms with van der Waals surface area (Å²) in [6.45, 7) is 10.4. The van der Waals surface area contributed by atoms with Crippen molar-refractivity contribution in [1.29, 1.82) is 0 Å². The zero-order chi connectivity index (χ0) is 19.8. The van der Waals surface area contributed by atoms with E-state index in [2.05, 4.69) is 6.58 Å². The molecule has 1 heterocycles. The fourth-order valence-electron chi connectivity index (χ4n) is 2.81. The average Bonchev–Trinajstić information content (AvgIpc) is 3.05. The van der Waals surface area contributed by atoms with Crippen LogP contribution in [-0.4, -0.2) is 34.7 Å². The number of carbonyl (C=O) groups is 2. The van der Waals surface area contributed by atoms with Crippen molar-refractivity contribution < 1.29 is 14.0 Å². The molecule has 0 saturated heterocycles. The molecule has 0 aliphatic carbocycles. The predicted molar refractivity (Wildman–Crippen MR) is 106 cm³/mol. The Labute approximate surface area is 161 Å². The van der Waals surface area contributed by atoms with Gasteiger partial charge in [0.15, 0.2) is 0 Å². The van der Waals surface area contributed by atoms with Gasteiger partial charge < -0.3 is 14.2 Å². The van der Waals surface area contributed by atoms with Crippen molar-refractivity contribution in [3.05, 3.63) is 72.2 Å². The summed E-state index contributed by atoms with van der Waals surface area (Å²) in [6, 6.07) is 13.6. The number of benzene rings is 1. The summed E-state index contributed by atoms with van der Waals surface area (Å²) >= 11 is 0. The van der Waals surface area contributed by atoms with Gasteiger partial charge in [-0.15, -0.1) is 6.58 Å². The van der Waals surface area contributed by atoms with Crippen LogP contribution < -0.4 is 0 Å². The highest BCUT2D eigenvalue weighted by Crippen LogP contribution is 2.14. The van der Waals surface area contributed by atoms with E-state index in [0.717, 1.165) is 17.1 Å². The summed E-state index contributed by atoms with van der Waals surface area (Å²) in [5.41, 5.74) is 1.03. The van der Waals surface area contributed by atoms with Crippen LogP contribution in [0.2, 0.25) is 0 Å². The van der Waals surface area contributed by atoms with Crippen LogP contribution in [0, 0.1) is 12.8 Å². The Morgan fingerprint density at radius 2 is 1.78 bits per heavy atom.